The largest absolute Gasteiger partial charge is 0.450 e. The van der Waals surface area contributed by atoms with E-state index in [0.717, 1.165) is 0 Å². The summed E-state index contributed by atoms with van der Waals surface area (Å²) < 4.78 is 4.95. The Hall–Kier alpha value is -1.48. The van der Waals surface area contributed by atoms with Crippen LogP contribution in [0.5, 0.6) is 0 Å². The summed E-state index contributed by atoms with van der Waals surface area (Å²) in [6.45, 7) is 3.64. The maximum Gasteiger partial charge on any atom is 0.409 e. The number of hydrogen-bond acceptors (Lipinski definition) is 4. The molecule has 0 bridgehead atoms. The van der Waals surface area contributed by atoms with Crippen molar-refractivity contribution in [2.24, 2.45) is 0 Å². The number of carbonyl (C=O) groups is 2. The molecule has 1 aliphatic heterocycles. The van der Waals surface area contributed by atoms with Crippen LogP contribution in [0.4, 0.5) is 4.79 Å². The van der Waals surface area contributed by atoms with Gasteiger partial charge in [0.1, 0.15) is 5.88 Å². The molecule has 0 aliphatic carbocycles. The highest BCUT2D eigenvalue weighted by atomic mass is 35.5. The van der Waals surface area contributed by atoms with E-state index < -0.39 is 0 Å². The first-order chi connectivity index (χ1) is 9.63. The second-order valence-corrected chi connectivity index (χ2v) is 4.81. The number of halogens is 1. The zero-order valence-electron chi connectivity index (χ0n) is 11.7. The topological polar surface area (TPSA) is 73.6 Å². The lowest BCUT2D eigenvalue weighted by Gasteiger charge is -2.37. The van der Waals surface area contributed by atoms with Crippen molar-refractivity contribution in [3.8, 4) is 6.07 Å². The number of ether oxygens (including phenoxy) is 1. The molecule has 1 aliphatic rings. The van der Waals surface area contributed by atoms with E-state index in [1.54, 1.807) is 16.7 Å². The van der Waals surface area contributed by atoms with Gasteiger partial charge in [-0.2, -0.15) is 5.26 Å². The third-order valence-corrected chi connectivity index (χ3v) is 3.56. The Balaban J connectivity index is 2.54. The van der Waals surface area contributed by atoms with Crippen molar-refractivity contribution >= 4 is 23.6 Å². The smallest absolute Gasteiger partial charge is 0.409 e. The second-order valence-electron chi connectivity index (χ2n) is 4.55. The van der Waals surface area contributed by atoms with Gasteiger partial charge in [-0.3, -0.25) is 4.79 Å². The van der Waals surface area contributed by atoms with E-state index in [0.29, 0.717) is 45.5 Å². The first-order valence-corrected chi connectivity index (χ1v) is 7.31. The number of hydrogen-bond donors (Lipinski definition) is 0. The molecule has 0 N–H and O–H groups in total. The molecule has 0 atom stereocenters. The van der Waals surface area contributed by atoms with Gasteiger partial charge in [-0.25, -0.2) is 4.79 Å². The molecule has 0 radical (unpaired) electrons. The van der Waals surface area contributed by atoms with E-state index in [-0.39, 0.29) is 23.9 Å². The predicted octanol–water partition coefficient (Wildman–Crippen LogP) is 1.59. The van der Waals surface area contributed by atoms with Crippen LogP contribution in [0.3, 0.4) is 0 Å². The monoisotopic (exact) mass is 301 g/mol. The molecular formula is C13H20ClN3O3. The maximum absolute atomic E-state index is 11.8. The summed E-state index contributed by atoms with van der Waals surface area (Å²) in [6.07, 6.45) is 1.36. The number of likely N-dealkylation sites (tertiary alicyclic amines) is 1. The van der Waals surface area contributed by atoms with Crippen LogP contribution in [0.2, 0.25) is 0 Å². The van der Waals surface area contributed by atoms with Crippen molar-refractivity contribution in [3.05, 3.63) is 0 Å². The van der Waals surface area contributed by atoms with Crippen molar-refractivity contribution in [1.82, 2.24) is 9.80 Å². The van der Waals surface area contributed by atoms with Gasteiger partial charge in [-0.05, 0) is 19.8 Å². The van der Waals surface area contributed by atoms with Gasteiger partial charge < -0.3 is 14.5 Å². The molecule has 1 saturated heterocycles. The summed E-state index contributed by atoms with van der Waals surface area (Å²) in [7, 11) is 0. The van der Waals surface area contributed by atoms with Gasteiger partial charge in [0.15, 0.2) is 0 Å². The molecule has 0 aromatic rings. The van der Waals surface area contributed by atoms with E-state index in [1.165, 1.54) is 0 Å². The normalized spacial score (nSPS) is 15.6. The molecule has 1 fully saturated rings. The van der Waals surface area contributed by atoms with Gasteiger partial charge in [0.05, 0.1) is 19.1 Å². The van der Waals surface area contributed by atoms with Crippen molar-refractivity contribution in [2.75, 3.05) is 32.1 Å². The fourth-order valence-corrected chi connectivity index (χ4v) is 2.49. The fourth-order valence-electron chi connectivity index (χ4n) is 2.33. The minimum Gasteiger partial charge on any atom is -0.450 e. The SMILES string of the molecule is CCOC(=O)N1CCC(N(CCC#N)C(=O)CCl)CC1. The Morgan fingerprint density at radius 2 is 2.10 bits per heavy atom. The highest BCUT2D eigenvalue weighted by Crippen LogP contribution is 2.18. The Morgan fingerprint density at radius 3 is 2.60 bits per heavy atom. The van der Waals surface area contributed by atoms with E-state index in [2.05, 4.69) is 0 Å². The van der Waals surface area contributed by atoms with Gasteiger partial charge in [0, 0.05) is 25.7 Å². The summed E-state index contributed by atoms with van der Waals surface area (Å²) in [5.74, 6) is -0.236. The number of alkyl halides is 1. The molecule has 6 nitrogen and oxygen atoms in total. The molecule has 20 heavy (non-hydrogen) atoms. The van der Waals surface area contributed by atoms with Crippen LogP contribution in [-0.4, -0.2) is 60.0 Å². The molecule has 0 saturated carbocycles. The van der Waals surface area contributed by atoms with E-state index in [9.17, 15) is 9.59 Å². The number of nitrogens with zero attached hydrogens (tertiary/aromatic N) is 3. The van der Waals surface area contributed by atoms with Crippen LogP contribution in [0.15, 0.2) is 0 Å². The summed E-state index contributed by atoms with van der Waals surface area (Å²) in [4.78, 5) is 26.7. The number of carbonyl (C=O) groups excluding carboxylic acids is 2. The number of nitriles is 1. The van der Waals surface area contributed by atoms with E-state index in [4.69, 9.17) is 21.6 Å². The number of piperidine rings is 1. The van der Waals surface area contributed by atoms with Gasteiger partial charge in [-0.15, -0.1) is 11.6 Å². The van der Waals surface area contributed by atoms with E-state index >= 15 is 0 Å². The van der Waals surface area contributed by atoms with E-state index in [1.807, 2.05) is 6.07 Å². The molecule has 0 unspecified atom stereocenters. The number of amides is 2. The average molecular weight is 302 g/mol. The number of rotatable bonds is 5. The van der Waals surface area contributed by atoms with Crippen molar-refractivity contribution in [2.45, 2.75) is 32.2 Å². The molecule has 1 rings (SSSR count). The molecule has 0 aromatic heterocycles. The summed E-state index contributed by atoms with van der Waals surface area (Å²) in [6, 6.07) is 2.08. The van der Waals surface area contributed by atoms with Crippen molar-refractivity contribution < 1.29 is 14.3 Å². The molecule has 7 heteroatoms. The fraction of sp³-hybridized carbons (Fsp3) is 0.769. The molecule has 0 aromatic carbocycles. The molecule has 2 amide bonds. The standard InChI is InChI=1S/C13H20ClN3O3/c1-2-20-13(19)16-8-4-11(5-9-16)17(7-3-6-15)12(18)10-14/h11H,2-5,7-10H2,1H3. The third kappa shape index (κ3) is 4.57. The molecular weight excluding hydrogens is 282 g/mol. The first-order valence-electron chi connectivity index (χ1n) is 6.78. The van der Waals surface area contributed by atoms with Crippen LogP contribution < -0.4 is 0 Å². The summed E-state index contributed by atoms with van der Waals surface area (Å²) in [5, 5.41) is 8.65. The van der Waals surface area contributed by atoms with Crippen LogP contribution in [0, 0.1) is 11.3 Å². The maximum atomic E-state index is 11.8. The lowest BCUT2D eigenvalue weighted by Crippen LogP contribution is -2.49. The van der Waals surface area contributed by atoms with Crippen LogP contribution in [-0.2, 0) is 9.53 Å². The van der Waals surface area contributed by atoms with Gasteiger partial charge in [-0.1, -0.05) is 0 Å². The van der Waals surface area contributed by atoms with Crippen LogP contribution in [0.1, 0.15) is 26.2 Å². The van der Waals surface area contributed by atoms with Gasteiger partial charge in [0.2, 0.25) is 5.91 Å². The Bertz CT molecular complexity index is 376. The van der Waals surface area contributed by atoms with Gasteiger partial charge in [0.25, 0.3) is 0 Å². The zero-order chi connectivity index (χ0) is 15.0. The van der Waals surface area contributed by atoms with Crippen LogP contribution in [0.25, 0.3) is 0 Å². The molecule has 0 spiro atoms. The molecule has 112 valence electrons. The lowest BCUT2D eigenvalue weighted by molar-refractivity contribution is -0.131. The quantitative estimate of drug-likeness (QED) is 0.723. The third-order valence-electron chi connectivity index (χ3n) is 3.33. The second kappa shape index (κ2) is 8.64. The summed E-state index contributed by atoms with van der Waals surface area (Å²) >= 11 is 5.61. The predicted molar refractivity (Wildman–Crippen MR) is 74.3 cm³/mol. The lowest BCUT2D eigenvalue weighted by atomic mass is 10.0. The Morgan fingerprint density at radius 1 is 1.45 bits per heavy atom. The molecule has 1 heterocycles. The average Bonchev–Trinajstić information content (AvgIpc) is 2.48. The Labute approximate surface area is 124 Å². The highest BCUT2D eigenvalue weighted by Gasteiger charge is 2.29. The minimum absolute atomic E-state index is 0.0419. The van der Waals surface area contributed by atoms with Crippen molar-refractivity contribution in [1.29, 1.82) is 5.26 Å². The van der Waals surface area contributed by atoms with Crippen molar-refractivity contribution in [3.63, 3.8) is 0 Å². The van der Waals surface area contributed by atoms with Gasteiger partial charge >= 0.3 is 6.09 Å². The minimum atomic E-state index is -0.307. The summed E-state index contributed by atoms with van der Waals surface area (Å²) in [5.41, 5.74) is 0. The first kappa shape index (κ1) is 16.6. The Kier molecular flexibility index (Phi) is 7.16. The zero-order valence-corrected chi connectivity index (χ0v) is 12.4. The van der Waals surface area contributed by atoms with Crippen LogP contribution >= 0.6 is 11.6 Å². The highest BCUT2D eigenvalue weighted by molar-refractivity contribution is 6.27.